The van der Waals surface area contributed by atoms with Gasteiger partial charge in [0.2, 0.25) is 5.91 Å². The van der Waals surface area contributed by atoms with Gasteiger partial charge in [0.1, 0.15) is 17.2 Å². The van der Waals surface area contributed by atoms with Crippen LogP contribution in [0.3, 0.4) is 0 Å². The number of halogens is 1. The van der Waals surface area contributed by atoms with Gasteiger partial charge in [-0.3, -0.25) is 9.48 Å². The van der Waals surface area contributed by atoms with E-state index in [2.05, 4.69) is 20.4 Å². The zero-order valence-corrected chi connectivity index (χ0v) is 12.5. The molecule has 0 radical (unpaired) electrons. The standard InChI is InChI=1S/C14H12FN5OS/c1-20-13-11(6-18-20)14(17-8-16-13)22-7-12(21)19-10-4-2-9(15)3-5-10/h2-6,8H,7H2,1H3,(H,19,21). The number of anilines is 1. The van der Waals surface area contributed by atoms with Crippen molar-refractivity contribution in [3.05, 3.63) is 42.6 Å². The summed E-state index contributed by atoms with van der Waals surface area (Å²) < 4.78 is 14.5. The molecule has 22 heavy (non-hydrogen) atoms. The van der Waals surface area contributed by atoms with E-state index in [0.29, 0.717) is 10.7 Å². The first-order valence-electron chi connectivity index (χ1n) is 6.44. The number of carbonyl (C=O) groups is 1. The van der Waals surface area contributed by atoms with Crippen molar-refractivity contribution in [1.82, 2.24) is 19.7 Å². The minimum atomic E-state index is -0.340. The van der Waals surface area contributed by atoms with Gasteiger partial charge in [0.05, 0.1) is 17.3 Å². The van der Waals surface area contributed by atoms with E-state index in [9.17, 15) is 9.18 Å². The van der Waals surface area contributed by atoms with Crippen LogP contribution in [0.15, 0.2) is 41.8 Å². The molecule has 2 aromatic heterocycles. The predicted octanol–water partition coefficient (Wildman–Crippen LogP) is 2.23. The first-order valence-corrected chi connectivity index (χ1v) is 7.43. The molecule has 1 amide bonds. The highest BCUT2D eigenvalue weighted by Crippen LogP contribution is 2.23. The lowest BCUT2D eigenvalue weighted by Gasteiger charge is -2.05. The Morgan fingerprint density at radius 2 is 2.09 bits per heavy atom. The Labute approximate surface area is 129 Å². The molecule has 6 nitrogen and oxygen atoms in total. The normalized spacial score (nSPS) is 10.8. The van der Waals surface area contributed by atoms with Crippen molar-refractivity contribution >= 4 is 34.4 Å². The molecule has 1 N–H and O–H groups in total. The maximum absolute atomic E-state index is 12.8. The lowest BCUT2D eigenvalue weighted by atomic mass is 10.3. The second-order valence-corrected chi connectivity index (χ2v) is 5.49. The number of aromatic nitrogens is 4. The number of hydrogen-bond acceptors (Lipinski definition) is 5. The lowest BCUT2D eigenvalue weighted by molar-refractivity contribution is -0.113. The molecule has 0 saturated heterocycles. The van der Waals surface area contributed by atoms with E-state index in [0.717, 1.165) is 11.0 Å². The van der Waals surface area contributed by atoms with Gasteiger partial charge in [-0.25, -0.2) is 14.4 Å². The second kappa shape index (κ2) is 6.10. The highest BCUT2D eigenvalue weighted by atomic mass is 32.2. The topological polar surface area (TPSA) is 72.7 Å². The van der Waals surface area contributed by atoms with Crippen LogP contribution in [0.1, 0.15) is 0 Å². The summed E-state index contributed by atoms with van der Waals surface area (Å²) in [4.78, 5) is 20.2. The summed E-state index contributed by atoms with van der Waals surface area (Å²) in [5.41, 5.74) is 1.28. The Hall–Kier alpha value is -2.48. The van der Waals surface area contributed by atoms with Gasteiger partial charge in [0, 0.05) is 12.7 Å². The van der Waals surface area contributed by atoms with Crippen molar-refractivity contribution < 1.29 is 9.18 Å². The van der Waals surface area contributed by atoms with Gasteiger partial charge in [0.25, 0.3) is 0 Å². The third kappa shape index (κ3) is 3.06. The summed E-state index contributed by atoms with van der Waals surface area (Å²) in [5.74, 6) is -0.335. The Balaban J connectivity index is 1.66. The van der Waals surface area contributed by atoms with Crippen LogP contribution in [0.25, 0.3) is 11.0 Å². The zero-order chi connectivity index (χ0) is 15.5. The molecule has 0 aliphatic heterocycles. The SMILES string of the molecule is Cn1ncc2c(SCC(=O)Nc3ccc(F)cc3)ncnc21. The summed E-state index contributed by atoms with van der Waals surface area (Å²) in [6.45, 7) is 0. The van der Waals surface area contributed by atoms with Gasteiger partial charge in [0.15, 0.2) is 5.65 Å². The van der Waals surface area contributed by atoms with Crippen molar-refractivity contribution in [3.8, 4) is 0 Å². The van der Waals surface area contributed by atoms with E-state index in [1.807, 2.05) is 0 Å². The number of nitrogens with one attached hydrogen (secondary N) is 1. The average Bonchev–Trinajstić information content (AvgIpc) is 2.90. The third-order valence-corrected chi connectivity index (χ3v) is 3.97. The number of carbonyl (C=O) groups excluding carboxylic acids is 1. The minimum Gasteiger partial charge on any atom is -0.325 e. The Bertz CT molecular complexity index is 818. The highest BCUT2D eigenvalue weighted by Gasteiger charge is 2.10. The van der Waals surface area contributed by atoms with Crippen molar-refractivity contribution in [2.75, 3.05) is 11.1 Å². The molecule has 8 heteroatoms. The van der Waals surface area contributed by atoms with Crippen molar-refractivity contribution in [2.45, 2.75) is 5.03 Å². The maximum Gasteiger partial charge on any atom is 0.234 e. The quantitative estimate of drug-likeness (QED) is 0.590. The fraction of sp³-hybridized carbons (Fsp3) is 0.143. The van der Waals surface area contributed by atoms with E-state index in [4.69, 9.17) is 0 Å². The third-order valence-electron chi connectivity index (χ3n) is 2.96. The van der Waals surface area contributed by atoms with Gasteiger partial charge >= 0.3 is 0 Å². The molecule has 3 rings (SSSR count). The number of thioether (sulfide) groups is 1. The first-order chi connectivity index (χ1) is 10.6. The van der Waals surface area contributed by atoms with Crippen molar-refractivity contribution in [2.24, 2.45) is 7.05 Å². The Morgan fingerprint density at radius 1 is 1.32 bits per heavy atom. The summed E-state index contributed by atoms with van der Waals surface area (Å²) in [5, 5.41) is 8.34. The van der Waals surface area contributed by atoms with Crippen LogP contribution < -0.4 is 5.32 Å². The number of nitrogens with zero attached hydrogens (tertiary/aromatic N) is 4. The summed E-state index contributed by atoms with van der Waals surface area (Å²) in [6.07, 6.45) is 3.12. The molecule has 0 bridgehead atoms. The van der Waals surface area contributed by atoms with E-state index in [1.54, 1.807) is 17.9 Å². The smallest absolute Gasteiger partial charge is 0.234 e. The van der Waals surface area contributed by atoms with E-state index < -0.39 is 0 Å². The fourth-order valence-corrected chi connectivity index (χ4v) is 2.68. The lowest BCUT2D eigenvalue weighted by Crippen LogP contribution is -2.14. The fourth-order valence-electron chi connectivity index (χ4n) is 1.92. The average molecular weight is 317 g/mol. The monoisotopic (exact) mass is 317 g/mol. The van der Waals surface area contributed by atoms with Crippen LogP contribution in [0.5, 0.6) is 0 Å². The van der Waals surface area contributed by atoms with Crippen LogP contribution in [0, 0.1) is 5.82 Å². The first kappa shape index (κ1) is 14.5. The molecule has 3 aromatic rings. The van der Waals surface area contributed by atoms with E-state index >= 15 is 0 Å². The van der Waals surface area contributed by atoms with Crippen molar-refractivity contribution in [1.29, 1.82) is 0 Å². The molecule has 2 heterocycles. The second-order valence-electron chi connectivity index (χ2n) is 4.53. The Kier molecular flexibility index (Phi) is 4.01. The summed E-state index contributed by atoms with van der Waals surface area (Å²) in [7, 11) is 1.80. The molecule has 112 valence electrons. The van der Waals surface area contributed by atoms with Crippen LogP contribution in [0.2, 0.25) is 0 Å². The van der Waals surface area contributed by atoms with Crippen LogP contribution in [-0.4, -0.2) is 31.4 Å². The molecule has 0 saturated carbocycles. The summed E-state index contributed by atoms with van der Waals surface area (Å²) >= 11 is 1.30. The molecule has 0 atom stereocenters. The van der Waals surface area contributed by atoms with Gasteiger partial charge in [-0.2, -0.15) is 5.10 Å². The van der Waals surface area contributed by atoms with E-state index in [-0.39, 0.29) is 17.5 Å². The van der Waals surface area contributed by atoms with Gasteiger partial charge in [-0.05, 0) is 24.3 Å². The van der Waals surface area contributed by atoms with Gasteiger partial charge in [-0.15, -0.1) is 0 Å². The number of amides is 1. The van der Waals surface area contributed by atoms with Crippen LogP contribution in [0.4, 0.5) is 10.1 Å². The number of rotatable bonds is 4. The van der Waals surface area contributed by atoms with Gasteiger partial charge < -0.3 is 5.32 Å². The van der Waals surface area contributed by atoms with Crippen molar-refractivity contribution in [3.63, 3.8) is 0 Å². The molecular formula is C14H12FN5OS. The zero-order valence-electron chi connectivity index (χ0n) is 11.7. The molecule has 0 fully saturated rings. The molecule has 1 aromatic carbocycles. The molecular weight excluding hydrogens is 305 g/mol. The predicted molar refractivity (Wildman–Crippen MR) is 82.1 cm³/mol. The van der Waals surface area contributed by atoms with Gasteiger partial charge in [-0.1, -0.05) is 11.8 Å². The maximum atomic E-state index is 12.8. The molecule has 0 aliphatic carbocycles. The number of fused-ring (bicyclic) bond motifs is 1. The number of aryl methyl sites for hydroxylation is 1. The van der Waals surface area contributed by atoms with Crippen LogP contribution >= 0.6 is 11.8 Å². The number of benzene rings is 1. The van der Waals surface area contributed by atoms with Crippen LogP contribution in [-0.2, 0) is 11.8 Å². The number of hydrogen-bond donors (Lipinski definition) is 1. The minimum absolute atomic E-state index is 0.188. The molecule has 0 unspecified atom stereocenters. The highest BCUT2D eigenvalue weighted by molar-refractivity contribution is 8.00. The summed E-state index contributed by atoms with van der Waals surface area (Å²) in [6, 6.07) is 5.63. The largest absolute Gasteiger partial charge is 0.325 e. The Morgan fingerprint density at radius 3 is 2.86 bits per heavy atom. The molecule has 0 aliphatic rings. The molecule has 0 spiro atoms. The van der Waals surface area contributed by atoms with E-state index in [1.165, 1.54) is 42.4 Å².